The second kappa shape index (κ2) is 7.52. The molecule has 0 fully saturated rings. The average molecular weight is 296 g/mol. The number of furan rings is 1. The van der Waals surface area contributed by atoms with Crippen molar-refractivity contribution in [2.24, 2.45) is 0 Å². The van der Waals surface area contributed by atoms with Crippen LogP contribution in [0.5, 0.6) is 0 Å². The van der Waals surface area contributed by atoms with Crippen LogP contribution in [0.1, 0.15) is 24.7 Å². The first-order valence-electron chi connectivity index (χ1n) is 7.28. The molecule has 2 rings (SSSR count). The zero-order valence-corrected chi connectivity index (χ0v) is 12.5. The number of hydrogen-bond acceptors (Lipinski definition) is 3. The molecule has 1 N–H and O–H groups in total. The molecule has 1 aromatic heterocycles. The van der Waals surface area contributed by atoms with E-state index < -0.39 is 6.43 Å². The quantitative estimate of drug-likeness (QED) is 0.754. The molecule has 0 bridgehead atoms. The third kappa shape index (κ3) is 4.25. The maximum absolute atomic E-state index is 12.5. The highest BCUT2D eigenvalue weighted by atomic mass is 19.3. The van der Waals surface area contributed by atoms with Gasteiger partial charge in [-0.25, -0.2) is 8.78 Å². The molecular weight excluding hydrogens is 274 g/mol. The van der Waals surface area contributed by atoms with Crippen molar-refractivity contribution in [3.8, 4) is 0 Å². The van der Waals surface area contributed by atoms with Crippen molar-refractivity contribution >= 4 is 11.0 Å². The van der Waals surface area contributed by atoms with Gasteiger partial charge in [0.15, 0.2) is 0 Å². The summed E-state index contributed by atoms with van der Waals surface area (Å²) in [5.41, 5.74) is 1.88. The largest absolute Gasteiger partial charge is 0.459 e. The van der Waals surface area contributed by atoms with Gasteiger partial charge in [0.1, 0.15) is 11.3 Å². The highest BCUT2D eigenvalue weighted by molar-refractivity contribution is 5.82. The summed E-state index contributed by atoms with van der Waals surface area (Å²) in [5.74, 6) is 0.767. The van der Waals surface area contributed by atoms with Crippen molar-refractivity contribution in [3.05, 3.63) is 35.6 Å². The monoisotopic (exact) mass is 296 g/mol. The molecule has 0 aliphatic carbocycles. The molecule has 0 spiro atoms. The standard InChI is InChI=1S/C16H22F2N2O/c1-3-8-19-9-13-12-6-4-5-7-14(12)21-15(13)10-20(2)11-16(17)18/h4-7,16,19H,3,8-11H2,1-2H3. The van der Waals surface area contributed by atoms with E-state index >= 15 is 0 Å². The van der Waals surface area contributed by atoms with E-state index in [0.717, 1.165) is 35.3 Å². The van der Waals surface area contributed by atoms with E-state index in [4.69, 9.17) is 4.42 Å². The molecule has 3 nitrogen and oxygen atoms in total. The van der Waals surface area contributed by atoms with Crippen LogP contribution in [-0.2, 0) is 13.1 Å². The van der Waals surface area contributed by atoms with Crippen LogP contribution in [0.25, 0.3) is 11.0 Å². The molecule has 5 heteroatoms. The Kier molecular flexibility index (Phi) is 5.70. The number of halogens is 2. The van der Waals surface area contributed by atoms with E-state index in [1.54, 1.807) is 11.9 Å². The Bertz CT molecular complexity index is 568. The van der Waals surface area contributed by atoms with E-state index in [1.165, 1.54) is 0 Å². The molecule has 0 aliphatic heterocycles. The third-order valence-electron chi connectivity index (χ3n) is 3.37. The van der Waals surface area contributed by atoms with Gasteiger partial charge < -0.3 is 9.73 Å². The van der Waals surface area contributed by atoms with Gasteiger partial charge in [-0.15, -0.1) is 0 Å². The van der Waals surface area contributed by atoms with E-state index in [1.807, 2.05) is 24.3 Å². The highest BCUT2D eigenvalue weighted by Crippen LogP contribution is 2.26. The van der Waals surface area contributed by atoms with Crippen molar-refractivity contribution in [2.75, 3.05) is 20.1 Å². The van der Waals surface area contributed by atoms with Crippen molar-refractivity contribution in [3.63, 3.8) is 0 Å². The fourth-order valence-corrected chi connectivity index (χ4v) is 2.41. The predicted octanol–water partition coefficient (Wildman–Crippen LogP) is 3.63. The first-order chi connectivity index (χ1) is 10.1. The second-order valence-corrected chi connectivity index (χ2v) is 5.26. The minimum atomic E-state index is -2.33. The van der Waals surface area contributed by atoms with E-state index in [-0.39, 0.29) is 6.54 Å². The van der Waals surface area contributed by atoms with Gasteiger partial charge in [-0.1, -0.05) is 25.1 Å². The van der Waals surface area contributed by atoms with Crippen LogP contribution in [0, 0.1) is 0 Å². The summed E-state index contributed by atoms with van der Waals surface area (Å²) < 4.78 is 30.8. The molecule has 2 aromatic rings. The Morgan fingerprint density at radius 1 is 1.29 bits per heavy atom. The minimum Gasteiger partial charge on any atom is -0.459 e. The molecule has 21 heavy (non-hydrogen) atoms. The Labute approximate surface area is 123 Å². The van der Waals surface area contributed by atoms with Crippen LogP contribution in [0.4, 0.5) is 8.78 Å². The predicted molar refractivity (Wildman–Crippen MR) is 80.5 cm³/mol. The molecule has 116 valence electrons. The molecule has 0 atom stereocenters. The molecule has 0 saturated heterocycles. The Morgan fingerprint density at radius 3 is 2.76 bits per heavy atom. The summed E-state index contributed by atoms with van der Waals surface area (Å²) in [6.45, 7) is 3.87. The van der Waals surface area contributed by atoms with Crippen LogP contribution < -0.4 is 5.32 Å². The zero-order valence-electron chi connectivity index (χ0n) is 12.5. The van der Waals surface area contributed by atoms with Gasteiger partial charge in [0.2, 0.25) is 0 Å². The summed E-state index contributed by atoms with van der Waals surface area (Å²) >= 11 is 0. The number of benzene rings is 1. The van der Waals surface area contributed by atoms with E-state index in [9.17, 15) is 8.78 Å². The van der Waals surface area contributed by atoms with Crippen molar-refractivity contribution in [1.82, 2.24) is 10.2 Å². The van der Waals surface area contributed by atoms with Crippen LogP contribution in [0.2, 0.25) is 0 Å². The number of rotatable bonds is 8. The lowest BCUT2D eigenvalue weighted by atomic mass is 10.1. The topological polar surface area (TPSA) is 28.4 Å². The van der Waals surface area contributed by atoms with Gasteiger partial charge >= 0.3 is 0 Å². The summed E-state index contributed by atoms with van der Waals surface area (Å²) in [7, 11) is 1.68. The summed E-state index contributed by atoms with van der Waals surface area (Å²) in [6, 6.07) is 7.81. The first kappa shape index (κ1) is 15.9. The average Bonchev–Trinajstić information content (AvgIpc) is 2.76. The molecule has 0 amide bonds. The molecule has 0 aliphatic rings. The summed E-state index contributed by atoms with van der Waals surface area (Å²) in [5, 5.41) is 4.41. The van der Waals surface area contributed by atoms with Gasteiger partial charge in [-0.3, -0.25) is 4.90 Å². The lowest BCUT2D eigenvalue weighted by molar-refractivity contribution is 0.0947. The molecule has 0 saturated carbocycles. The van der Waals surface area contributed by atoms with Gasteiger partial charge in [-0.2, -0.15) is 0 Å². The first-order valence-corrected chi connectivity index (χ1v) is 7.28. The van der Waals surface area contributed by atoms with Crippen LogP contribution >= 0.6 is 0 Å². The van der Waals surface area contributed by atoms with Crippen molar-refractivity contribution in [1.29, 1.82) is 0 Å². The Hall–Kier alpha value is -1.46. The van der Waals surface area contributed by atoms with Gasteiger partial charge in [0.05, 0.1) is 13.1 Å². The molecular formula is C16H22F2N2O. The molecule has 0 radical (unpaired) electrons. The molecule has 1 aromatic carbocycles. The number of alkyl halides is 2. The highest BCUT2D eigenvalue weighted by Gasteiger charge is 2.16. The van der Waals surface area contributed by atoms with Crippen LogP contribution in [0.15, 0.2) is 28.7 Å². The summed E-state index contributed by atoms with van der Waals surface area (Å²) in [6.07, 6.45) is -1.28. The number of para-hydroxylation sites is 1. The lowest BCUT2D eigenvalue weighted by Crippen LogP contribution is -2.25. The van der Waals surface area contributed by atoms with E-state index in [2.05, 4.69) is 12.2 Å². The third-order valence-corrected chi connectivity index (χ3v) is 3.37. The van der Waals surface area contributed by atoms with Gasteiger partial charge in [0, 0.05) is 17.5 Å². The summed E-state index contributed by atoms with van der Waals surface area (Å²) in [4.78, 5) is 1.59. The smallest absolute Gasteiger partial charge is 0.251 e. The number of hydrogen-bond donors (Lipinski definition) is 1. The van der Waals surface area contributed by atoms with Crippen LogP contribution in [-0.4, -0.2) is 31.5 Å². The number of fused-ring (bicyclic) bond motifs is 1. The van der Waals surface area contributed by atoms with Crippen molar-refractivity contribution in [2.45, 2.75) is 32.9 Å². The number of nitrogens with one attached hydrogen (secondary N) is 1. The Morgan fingerprint density at radius 2 is 2.05 bits per heavy atom. The second-order valence-electron chi connectivity index (χ2n) is 5.26. The van der Waals surface area contributed by atoms with Gasteiger partial charge in [-0.05, 0) is 26.1 Å². The fraction of sp³-hybridized carbons (Fsp3) is 0.500. The molecule has 1 heterocycles. The van der Waals surface area contributed by atoms with Gasteiger partial charge in [0.25, 0.3) is 6.43 Å². The SMILES string of the molecule is CCCNCc1c(CN(C)CC(F)F)oc2ccccc12. The lowest BCUT2D eigenvalue weighted by Gasteiger charge is -2.15. The zero-order chi connectivity index (χ0) is 15.2. The fourth-order valence-electron chi connectivity index (χ4n) is 2.41. The van der Waals surface area contributed by atoms with Crippen molar-refractivity contribution < 1.29 is 13.2 Å². The van der Waals surface area contributed by atoms with Crippen LogP contribution in [0.3, 0.4) is 0 Å². The Balaban J connectivity index is 2.21. The molecule has 0 unspecified atom stereocenters. The van der Waals surface area contributed by atoms with E-state index in [0.29, 0.717) is 13.1 Å². The number of nitrogens with zero attached hydrogens (tertiary/aromatic N) is 1. The maximum atomic E-state index is 12.5. The normalized spacial score (nSPS) is 11.9. The minimum absolute atomic E-state index is 0.251. The maximum Gasteiger partial charge on any atom is 0.251 e.